The standard InChI is InChI=1S/C32H32N2O4/c1-24(35-2)22-37-23-38-32-18-6-26(7-19-32)21-34-30-14-10-28(11-15-30)27-8-12-29(13-9-27)33-20-25-4-16-31(36-3)17-5-25/h4-21,24H,22-23H2,1-3H3. The molecule has 0 N–H and O–H groups in total. The topological polar surface area (TPSA) is 61.6 Å². The Bertz CT molecular complexity index is 1310. The van der Waals surface area contributed by atoms with E-state index in [1.807, 2.05) is 92.1 Å². The van der Waals surface area contributed by atoms with Crippen LogP contribution < -0.4 is 9.47 Å². The van der Waals surface area contributed by atoms with Crippen molar-refractivity contribution in [1.29, 1.82) is 0 Å². The molecule has 4 aromatic rings. The van der Waals surface area contributed by atoms with Crippen LogP contribution in [-0.2, 0) is 9.47 Å². The molecule has 4 aromatic carbocycles. The first-order chi connectivity index (χ1) is 18.6. The number of hydrogen-bond donors (Lipinski definition) is 0. The molecule has 0 saturated heterocycles. The normalized spacial score (nSPS) is 12.2. The molecule has 0 heterocycles. The van der Waals surface area contributed by atoms with Crippen molar-refractivity contribution in [3.8, 4) is 22.6 Å². The van der Waals surface area contributed by atoms with Crippen LogP contribution in [0.2, 0.25) is 0 Å². The lowest BCUT2D eigenvalue weighted by Crippen LogP contribution is -2.16. The number of nitrogens with zero attached hydrogens (tertiary/aromatic N) is 2. The van der Waals surface area contributed by atoms with E-state index in [4.69, 9.17) is 18.9 Å². The molecule has 0 aliphatic heterocycles. The molecule has 1 unspecified atom stereocenters. The molecule has 6 heteroatoms. The monoisotopic (exact) mass is 508 g/mol. The summed E-state index contributed by atoms with van der Waals surface area (Å²) < 4.78 is 21.3. The van der Waals surface area contributed by atoms with E-state index in [0.29, 0.717) is 6.61 Å². The van der Waals surface area contributed by atoms with Gasteiger partial charge in [-0.1, -0.05) is 24.3 Å². The highest BCUT2D eigenvalue weighted by Crippen LogP contribution is 2.25. The molecule has 0 amide bonds. The van der Waals surface area contributed by atoms with E-state index >= 15 is 0 Å². The van der Waals surface area contributed by atoms with Gasteiger partial charge in [0, 0.05) is 19.5 Å². The molecule has 0 saturated carbocycles. The van der Waals surface area contributed by atoms with Gasteiger partial charge in [0.25, 0.3) is 0 Å². The summed E-state index contributed by atoms with van der Waals surface area (Å²) in [5.74, 6) is 1.58. The van der Waals surface area contributed by atoms with Crippen molar-refractivity contribution in [2.45, 2.75) is 13.0 Å². The summed E-state index contributed by atoms with van der Waals surface area (Å²) in [4.78, 5) is 9.16. The lowest BCUT2D eigenvalue weighted by molar-refractivity contribution is -0.0367. The van der Waals surface area contributed by atoms with Crippen LogP contribution in [-0.4, -0.2) is 46.2 Å². The second-order valence-corrected chi connectivity index (χ2v) is 8.63. The number of hydrogen-bond acceptors (Lipinski definition) is 6. The van der Waals surface area contributed by atoms with Crippen molar-refractivity contribution in [3.05, 3.63) is 108 Å². The number of aliphatic imine (C=N–C) groups is 2. The third-order valence-corrected chi connectivity index (χ3v) is 5.85. The van der Waals surface area contributed by atoms with Crippen LogP contribution in [0.4, 0.5) is 11.4 Å². The zero-order valence-electron chi connectivity index (χ0n) is 21.9. The third-order valence-electron chi connectivity index (χ3n) is 5.85. The van der Waals surface area contributed by atoms with Gasteiger partial charge in [-0.05, 0) is 102 Å². The minimum absolute atomic E-state index is 0.0443. The first kappa shape index (κ1) is 26.8. The highest BCUT2D eigenvalue weighted by atomic mass is 16.7. The van der Waals surface area contributed by atoms with Gasteiger partial charge in [-0.3, -0.25) is 9.98 Å². The predicted molar refractivity (Wildman–Crippen MR) is 154 cm³/mol. The van der Waals surface area contributed by atoms with Crippen LogP contribution in [0.3, 0.4) is 0 Å². The zero-order valence-corrected chi connectivity index (χ0v) is 21.9. The molecule has 0 radical (unpaired) electrons. The van der Waals surface area contributed by atoms with E-state index in [2.05, 4.69) is 34.3 Å². The van der Waals surface area contributed by atoms with Crippen LogP contribution in [0.15, 0.2) is 107 Å². The lowest BCUT2D eigenvalue weighted by atomic mass is 10.1. The largest absolute Gasteiger partial charge is 0.497 e. The van der Waals surface area contributed by atoms with Gasteiger partial charge in [0.15, 0.2) is 6.79 Å². The molecular formula is C32H32N2O4. The highest BCUT2D eigenvalue weighted by molar-refractivity contribution is 5.83. The molecule has 194 valence electrons. The molecule has 6 nitrogen and oxygen atoms in total. The van der Waals surface area contributed by atoms with Crippen molar-refractivity contribution >= 4 is 23.8 Å². The average Bonchev–Trinajstić information content (AvgIpc) is 2.98. The fraction of sp³-hybridized carbons (Fsp3) is 0.188. The van der Waals surface area contributed by atoms with Crippen LogP contribution in [0.25, 0.3) is 11.1 Å². The van der Waals surface area contributed by atoms with E-state index in [1.54, 1.807) is 14.2 Å². The fourth-order valence-corrected chi connectivity index (χ4v) is 3.51. The molecule has 1 atom stereocenters. The number of ether oxygens (including phenoxy) is 4. The Kier molecular flexibility index (Phi) is 9.79. The van der Waals surface area contributed by atoms with Gasteiger partial charge >= 0.3 is 0 Å². The minimum atomic E-state index is 0.0443. The van der Waals surface area contributed by atoms with Crippen LogP contribution in [0, 0.1) is 0 Å². The summed E-state index contributed by atoms with van der Waals surface area (Å²) in [6.45, 7) is 2.62. The molecule has 0 aromatic heterocycles. The van der Waals surface area contributed by atoms with Gasteiger partial charge in [0.2, 0.25) is 0 Å². The SMILES string of the molecule is COc1ccc(C=Nc2ccc(-c3ccc(N=Cc4ccc(OCOCC(C)OC)cc4)cc3)cc2)cc1. The Hall–Kier alpha value is -4.26. The second kappa shape index (κ2) is 13.9. The molecule has 0 bridgehead atoms. The Balaban J connectivity index is 1.29. The minimum Gasteiger partial charge on any atom is -0.497 e. The van der Waals surface area contributed by atoms with Crippen LogP contribution >= 0.6 is 0 Å². The van der Waals surface area contributed by atoms with Crippen molar-refractivity contribution in [2.24, 2.45) is 9.98 Å². The Labute approximate surface area is 224 Å². The first-order valence-electron chi connectivity index (χ1n) is 12.4. The quantitative estimate of drug-likeness (QED) is 0.115. The molecule has 0 fully saturated rings. The third kappa shape index (κ3) is 8.13. The van der Waals surface area contributed by atoms with E-state index in [0.717, 1.165) is 45.1 Å². The average molecular weight is 509 g/mol. The summed E-state index contributed by atoms with van der Waals surface area (Å²) in [5.41, 5.74) is 6.04. The maximum absolute atomic E-state index is 5.59. The van der Waals surface area contributed by atoms with E-state index in [-0.39, 0.29) is 12.9 Å². The summed E-state index contributed by atoms with van der Waals surface area (Å²) in [6.07, 6.45) is 3.73. The zero-order chi connectivity index (χ0) is 26.6. The number of benzene rings is 4. The summed E-state index contributed by atoms with van der Waals surface area (Å²) in [7, 11) is 3.32. The fourth-order valence-electron chi connectivity index (χ4n) is 3.51. The van der Waals surface area contributed by atoms with Gasteiger partial charge in [0.05, 0.1) is 31.2 Å². The molecule has 0 spiro atoms. The lowest BCUT2D eigenvalue weighted by Gasteiger charge is -2.11. The van der Waals surface area contributed by atoms with Gasteiger partial charge in [-0.2, -0.15) is 0 Å². The van der Waals surface area contributed by atoms with Crippen LogP contribution in [0.5, 0.6) is 11.5 Å². The molecule has 4 rings (SSSR count). The highest BCUT2D eigenvalue weighted by Gasteiger charge is 2.01. The molecule has 38 heavy (non-hydrogen) atoms. The smallest absolute Gasteiger partial charge is 0.189 e. The van der Waals surface area contributed by atoms with Gasteiger partial charge in [-0.25, -0.2) is 0 Å². The summed E-state index contributed by atoms with van der Waals surface area (Å²) in [6, 6.07) is 31.9. The maximum atomic E-state index is 5.59. The number of rotatable bonds is 12. The van der Waals surface area contributed by atoms with E-state index in [1.165, 1.54) is 0 Å². The summed E-state index contributed by atoms with van der Waals surface area (Å²) in [5, 5.41) is 0. The Morgan fingerprint density at radius 2 is 1.11 bits per heavy atom. The maximum Gasteiger partial charge on any atom is 0.189 e. The van der Waals surface area contributed by atoms with E-state index < -0.39 is 0 Å². The molecule has 0 aliphatic carbocycles. The van der Waals surface area contributed by atoms with E-state index in [9.17, 15) is 0 Å². The first-order valence-corrected chi connectivity index (χ1v) is 12.4. The Morgan fingerprint density at radius 3 is 1.55 bits per heavy atom. The van der Waals surface area contributed by atoms with Gasteiger partial charge in [-0.15, -0.1) is 0 Å². The van der Waals surface area contributed by atoms with Gasteiger partial charge in [0.1, 0.15) is 11.5 Å². The number of methoxy groups -OCH3 is 2. The second-order valence-electron chi connectivity index (χ2n) is 8.63. The van der Waals surface area contributed by atoms with Crippen molar-refractivity contribution in [1.82, 2.24) is 0 Å². The van der Waals surface area contributed by atoms with Crippen molar-refractivity contribution in [2.75, 3.05) is 27.6 Å². The molecule has 0 aliphatic rings. The predicted octanol–water partition coefficient (Wildman–Crippen LogP) is 7.25. The summed E-state index contributed by atoms with van der Waals surface area (Å²) >= 11 is 0. The Morgan fingerprint density at radius 1 is 0.632 bits per heavy atom. The van der Waals surface area contributed by atoms with Gasteiger partial charge < -0.3 is 18.9 Å². The van der Waals surface area contributed by atoms with Crippen molar-refractivity contribution < 1.29 is 18.9 Å². The molecular weight excluding hydrogens is 476 g/mol. The van der Waals surface area contributed by atoms with Crippen LogP contribution in [0.1, 0.15) is 18.1 Å². The van der Waals surface area contributed by atoms with Crippen molar-refractivity contribution in [3.63, 3.8) is 0 Å².